The molecule has 0 spiro atoms. The molecular weight excluding hydrogens is 298 g/mol. The van der Waals surface area contributed by atoms with Crippen molar-refractivity contribution in [3.63, 3.8) is 0 Å². The number of fused-ring (bicyclic) bond motifs is 1. The van der Waals surface area contributed by atoms with Crippen LogP contribution in [0.1, 0.15) is 47.8 Å². The van der Waals surface area contributed by atoms with Crippen LogP contribution in [0.15, 0.2) is 22.6 Å². The second-order valence-electron chi connectivity index (χ2n) is 5.82. The van der Waals surface area contributed by atoms with Crippen LogP contribution in [0.4, 0.5) is 0 Å². The van der Waals surface area contributed by atoms with Crippen molar-refractivity contribution < 1.29 is 18.7 Å². The molecule has 0 atom stereocenters. The standard InChI is InChI=1S/C16H17N3O4/c20-15(17-11-3-1-2-4-11)16-19-18-14(23-16)8-10-5-6-12-13(7-10)22-9-21-12/h5-7,11H,1-4,8-9H2,(H,17,20). The highest BCUT2D eigenvalue weighted by Crippen LogP contribution is 2.33. The number of benzene rings is 1. The summed E-state index contributed by atoms with van der Waals surface area (Å²) in [7, 11) is 0. The van der Waals surface area contributed by atoms with Gasteiger partial charge in [0.2, 0.25) is 12.7 Å². The van der Waals surface area contributed by atoms with E-state index in [0.29, 0.717) is 18.1 Å². The number of nitrogens with zero attached hydrogens (tertiary/aromatic N) is 2. The Morgan fingerprint density at radius 1 is 1.17 bits per heavy atom. The van der Waals surface area contributed by atoms with Gasteiger partial charge in [0.1, 0.15) is 0 Å². The molecule has 4 rings (SSSR count). The second kappa shape index (κ2) is 5.91. The first-order valence-corrected chi connectivity index (χ1v) is 7.80. The zero-order valence-corrected chi connectivity index (χ0v) is 12.6. The summed E-state index contributed by atoms with van der Waals surface area (Å²) in [5.41, 5.74) is 0.959. The second-order valence-corrected chi connectivity index (χ2v) is 5.82. The summed E-state index contributed by atoms with van der Waals surface area (Å²) >= 11 is 0. The quantitative estimate of drug-likeness (QED) is 0.929. The van der Waals surface area contributed by atoms with Crippen LogP contribution in [-0.2, 0) is 6.42 Å². The van der Waals surface area contributed by atoms with Gasteiger partial charge in [0.15, 0.2) is 11.5 Å². The van der Waals surface area contributed by atoms with Gasteiger partial charge in [-0.3, -0.25) is 4.79 Å². The average molecular weight is 315 g/mol. The minimum Gasteiger partial charge on any atom is -0.454 e. The third-order valence-electron chi connectivity index (χ3n) is 4.14. The Morgan fingerprint density at radius 2 is 2.00 bits per heavy atom. The molecule has 1 aromatic carbocycles. The highest BCUT2D eigenvalue weighted by atomic mass is 16.7. The largest absolute Gasteiger partial charge is 0.454 e. The van der Waals surface area contributed by atoms with E-state index in [1.807, 2.05) is 18.2 Å². The van der Waals surface area contributed by atoms with Gasteiger partial charge in [-0.25, -0.2) is 0 Å². The van der Waals surface area contributed by atoms with E-state index < -0.39 is 0 Å². The molecule has 2 aliphatic rings. The molecule has 1 saturated carbocycles. The van der Waals surface area contributed by atoms with Gasteiger partial charge in [0.05, 0.1) is 6.42 Å². The summed E-state index contributed by atoms with van der Waals surface area (Å²) in [6.07, 6.45) is 4.79. The van der Waals surface area contributed by atoms with Crippen LogP contribution in [-0.4, -0.2) is 28.9 Å². The summed E-state index contributed by atoms with van der Waals surface area (Å²) < 4.78 is 16.1. The number of rotatable bonds is 4. The maximum absolute atomic E-state index is 12.1. The van der Waals surface area contributed by atoms with Crippen molar-refractivity contribution >= 4 is 5.91 Å². The topological polar surface area (TPSA) is 86.5 Å². The fourth-order valence-corrected chi connectivity index (χ4v) is 2.96. The minimum atomic E-state index is -0.290. The lowest BCUT2D eigenvalue weighted by Gasteiger charge is -2.08. The molecule has 2 aromatic rings. The Hall–Kier alpha value is -2.57. The zero-order chi connectivity index (χ0) is 15.6. The molecule has 1 aromatic heterocycles. The zero-order valence-electron chi connectivity index (χ0n) is 12.6. The Bertz CT molecular complexity index is 722. The number of hydrogen-bond acceptors (Lipinski definition) is 6. The van der Waals surface area contributed by atoms with Crippen molar-refractivity contribution in [3.05, 3.63) is 35.5 Å². The van der Waals surface area contributed by atoms with Crippen LogP contribution in [0, 0.1) is 0 Å². The van der Waals surface area contributed by atoms with Gasteiger partial charge in [-0.1, -0.05) is 18.9 Å². The van der Waals surface area contributed by atoms with Crippen LogP contribution >= 0.6 is 0 Å². The van der Waals surface area contributed by atoms with E-state index in [4.69, 9.17) is 13.9 Å². The Labute approximate surface area is 133 Å². The van der Waals surface area contributed by atoms with Crippen LogP contribution in [0.2, 0.25) is 0 Å². The number of ether oxygens (including phenoxy) is 2. The van der Waals surface area contributed by atoms with Gasteiger partial charge in [0.25, 0.3) is 0 Å². The van der Waals surface area contributed by atoms with Gasteiger partial charge in [-0.15, -0.1) is 10.2 Å². The number of amides is 1. The molecule has 0 radical (unpaired) electrons. The van der Waals surface area contributed by atoms with Crippen LogP contribution in [0.3, 0.4) is 0 Å². The van der Waals surface area contributed by atoms with Gasteiger partial charge in [-0.05, 0) is 30.5 Å². The summed E-state index contributed by atoms with van der Waals surface area (Å²) in [4.78, 5) is 12.1. The van der Waals surface area contributed by atoms with E-state index in [9.17, 15) is 4.79 Å². The molecule has 0 unspecified atom stereocenters. The molecule has 1 aliphatic heterocycles. The first-order chi connectivity index (χ1) is 11.3. The molecule has 23 heavy (non-hydrogen) atoms. The lowest BCUT2D eigenvalue weighted by atomic mass is 10.1. The summed E-state index contributed by atoms with van der Waals surface area (Å²) in [6, 6.07) is 5.87. The number of aromatic nitrogens is 2. The first-order valence-electron chi connectivity index (χ1n) is 7.80. The normalized spacial score (nSPS) is 16.7. The molecule has 7 nitrogen and oxygen atoms in total. The number of carbonyl (C=O) groups excluding carboxylic acids is 1. The molecule has 0 bridgehead atoms. The van der Waals surface area contributed by atoms with Crippen molar-refractivity contribution in [2.45, 2.75) is 38.1 Å². The van der Waals surface area contributed by atoms with E-state index in [2.05, 4.69) is 15.5 Å². The monoisotopic (exact) mass is 315 g/mol. The highest BCUT2D eigenvalue weighted by Gasteiger charge is 2.22. The maximum atomic E-state index is 12.1. The van der Waals surface area contributed by atoms with Crippen molar-refractivity contribution in [1.82, 2.24) is 15.5 Å². The highest BCUT2D eigenvalue weighted by molar-refractivity contribution is 5.89. The summed E-state index contributed by atoms with van der Waals surface area (Å²) in [5.74, 6) is 1.58. The first kappa shape index (κ1) is 14.0. The number of nitrogens with one attached hydrogen (secondary N) is 1. The van der Waals surface area contributed by atoms with E-state index in [-0.39, 0.29) is 24.6 Å². The van der Waals surface area contributed by atoms with Gasteiger partial charge in [0, 0.05) is 6.04 Å². The molecule has 0 saturated heterocycles. The van der Waals surface area contributed by atoms with Crippen LogP contribution in [0.25, 0.3) is 0 Å². The van der Waals surface area contributed by atoms with Gasteiger partial charge in [-0.2, -0.15) is 0 Å². The van der Waals surface area contributed by atoms with E-state index >= 15 is 0 Å². The van der Waals surface area contributed by atoms with E-state index in [0.717, 1.165) is 37.0 Å². The Morgan fingerprint density at radius 3 is 2.87 bits per heavy atom. The SMILES string of the molecule is O=C(NC1CCCC1)c1nnc(Cc2ccc3c(c2)OCO3)o1. The number of carbonyl (C=O) groups is 1. The fraction of sp³-hybridized carbons (Fsp3) is 0.438. The third kappa shape index (κ3) is 2.99. The van der Waals surface area contributed by atoms with Crippen molar-refractivity contribution in [3.8, 4) is 11.5 Å². The van der Waals surface area contributed by atoms with Crippen LogP contribution < -0.4 is 14.8 Å². The lowest BCUT2D eigenvalue weighted by molar-refractivity contribution is 0.0901. The van der Waals surface area contributed by atoms with E-state index in [1.54, 1.807) is 0 Å². The number of hydrogen-bond donors (Lipinski definition) is 1. The predicted octanol–water partition coefficient (Wildman–Crippen LogP) is 2.06. The molecule has 120 valence electrons. The van der Waals surface area contributed by atoms with Gasteiger partial charge >= 0.3 is 11.8 Å². The summed E-state index contributed by atoms with van der Waals surface area (Å²) in [5, 5.41) is 10.7. The molecule has 1 amide bonds. The van der Waals surface area contributed by atoms with Crippen molar-refractivity contribution in [1.29, 1.82) is 0 Å². The van der Waals surface area contributed by atoms with Crippen molar-refractivity contribution in [2.75, 3.05) is 6.79 Å². The average Bonchev–Trinajstić information content (AvgIpc) is 3.27. The molecular formula is C16H17N3O4. The third-order valence-corrected chi connectivity index (χ3v) is 4.14. The molecule has 1 N–H and O–H groups in total. The molecule has 1 fully saturated rings. The lowest BCUT2D eigenvalue weighted by Crippen LogP contribution is -2.32. The van der Waals surface area contributed by atoms with Gasteiger partial charge < -0.3 is 19.2 Å². The fourth-order valence-electron chi connectivity index (χ4n) is 2.96. The smallest absolute Gasteiger partial charge is 0.309 e. The molecule has 1 aliphatic carbocycles. The molecule has 2 heterocycles. The molecule has 7 heteroatoms. The van der Waals surface area contributed by atoms with E-state index in [1.165, 1.54) is 0 Å². The minimum absolute atomic E-state index is 0.0210. The maximum Gasteiger partial charge on any atom is 0.309 e. The Kier molecular flexibility index (Phi) is 3.61. The summed E-state index contributed by atoms with van der Waals surface area (Å²) in [6.45, 7) is 0.241. The van der Waals surface area contributed by atoms with Crippen LogP contribution in [0.5, 0.6) is 11.5 Å². The van der Waals surface area contributed by atoms with Crippen molar-refractivity contribution in [2.24, 2.45) is 0 Å². The predicted molar refractivity (Wildman–Crippen MR) is 79.4 cm³/mol. The Balaban J connectivity index is 1.42.